The third-order valence-corrected chi connectivity index (χ3v) is 6.53. The molecule has 0 bridgehead atoms. The Hall–Kier alpha value is -4.32. The van der Waals surface area contributed by atoms with Crippen molar-refractivity contribution in [1.29, 1.82) is 0 Å². The number of amides is 1. The Morgan fingerprint density at radius 2 is 1.95 bits per heavy atom. The second kappa shape index (κ2) is 12.3. The lowest BCUT2D eigenvalue weighted by Crippen LogP contribution is -2.13. The first-order valence-electron chi connectivity index (χ1n) is 13.0. The number of methoxy groups -OCH3 is 1. The number of anilines is 1. The lowest BCUT2D eigenvalue weighted by Gasteiger charge is -2.14. The van der Waals surface area contributed by atoms with Crippen LogP contribution in [0.25, 0.3) is 16.9 Å². The molecule has 4 aromatic rings. The molecule has 0 aliphatic heterocycles. The first-order chi connectivity index (χ1) is 18.4. The summed E-state index contributed by atoms with van der Waals surface area (Å²) in [6.07, 6.45) is 11.9. The molecule has 6 heteroatoms. The van der Waals surface area contributed by atoms with Gasteiger partial charge in [-0.3, -0.25) is 4.79 Å². The Bertz CT molecular complexity index is 1470. The molecule has 196 valence electrons. The van der Waals surface area contributed by atoms with E-state index in [2.05, 4.69) is 25.2 Å². The summed E-state index contributed by atoms with van der Waals surface area (Å²) in [5.41, 5.74) is 5.01. The molecule has 4 rings (SSSR count). The van der Waals surface area contributed by atoms with Gasteiger partial charge in [0.15, 0.2) is 0 Å². The van der Waals surface area contributed by atoms with Crippen molar-refractivity contribution < 1.29 is 14.3 Å². The lowest BCUT2D eigenvalue weighted by atomic mass is 10.0. The van der Waals surface area contributed by atoms with E-state index in [1.165, 1.54) is 0 Å². The first kappa shape index (κ1) is 26.7. The van der Waals surface area contributed by atoms with Gasteiger partial charge >= 0.3 is 0 Å². The van der Waals surface area contributed by atoms with Crippen LogP contribution in [-0.4, -0.2) is 22.4 Å². The van der Waals surface area contributed by atoms with Gasteiger partial charge in [-0.1, -0.05) is 44.5 Å². The molecule has 2 heterocycles. The Labute approximate surface area is 224 Å². The monoisotopic (exact) mass is 509 g/mol. The third-order valence-electron chi connectivity index (χ3n) is 6.53. The largest absolute Gasteiger partial charge is 0.497 e. The lowest BCUT2D eigenvalue weighted by molar-refractivity contribution is 0.102. The number of aromatic nitrogens is 2. The topological polar surface area (TPSA) is 64.9 Å². The van der Waals surface area contributed by atoms with Crippen LogP contribution in [0.15, 0.2) is 91.0 Å². The standard InChI is InChI=1S/C32H35N3O3/c1-6-9-26(16-11-22(3)7-2)38-30-20-27(37-5)17-18-28(30)32(36)33-25-14-12-24(13-15-25)29-21-35-19-8-10-23(4)31(35)34-29/h6,8-10,12-22H,7,11H2,1-5H3,(H,33,36). The number of hydrogen-bond acceptors (Lipinski definition) is 4. The van der Waals surface area contributed by atoms with Gasteiger partial charge in [0.2, 0.25) is 0 Å². The molecule has 2 aromatic heterocycles. The smallest absolute Gasteiger partial charge is 0.259 e. The molecule has 0 saturated heterocycles. The van der Waals surface area contributed by atoms with E-state index in [4.69, 9.17) is 14.5 Å². The Morgan fingerprint density at radius 1 is 1.16 bits per heavy atom. The first-order valence-corrected chi connectivity index (χ1v) is 13.0. The zero-order valence-electron chi connectivity index (χ0n) is 22.7. The van der Waals surface area contributed by atoms with E-state index < -0.39 is 0 Å². The maximum absolute atomic E-state index is 13.3. The van der Waals surface area contributed by atoms with Crippen LogP contribution in [-0.2, 0) is 0 Å². The van der Waals surface area contributed by atoms with E-state index in [1.807, 2.05) is 79.2 Å². The molecule has 38 heavy (non-hydrogen) atoms. The summed E-state index contributed by atoms with van der Waals surface area (Å²) in [4.78, 5) is 18.1. The molecule has 0 radical (unpaired) electrons. The fraction of sp³-hybridized carbons (Fsp3) is 0.250. The van der Waals surface area contributed by atoms with E-state index in [9.17, 15) is 4.79 Å². The molecule has 0 aliphatic carbocycles. The van der Waals surface area contributed by atoms with Gasteiger partial charge in [0.25, 0.3) is 5.91 Å². The van der Waals surface area contributed by atoms with Crippen molar-refractivity contribution in [3.05, 3.63) is 102 Å². The zero-order chi connectivity index (χ0) is 27.1. The van der Waals surface area contributed by atoms with Crippen LogP contribution in [0.4, 0.5) is 5.69 Å². The van der Waals surface area contributed by atoms with Gasteiger partial charge in [0, 0.05) is 29.7 Å². The molecule has 0 aliphatic rings. The Morgan fingerprint density at radius 3 is 2.63 bits per heavy atom. The van der Waals surface area contributed by atoms with Gasteiger partial charge in [-0.2, -0.15) is 0 Å². The Kier molecular flexibility index (Phi) is 8.64. The van der Waals surface area contributed by atoms with Crippen molar-refractivity contribution >= 4 is 17.2 Å². The number of hydrogen-bond donors (Lipinski definition) is 1. The van der Waals surface area contributed by atoms with Crippen LogP contribution in [0.2, 0.25) is 0 Å². The second-order valence-corrected chi connectivity index (χ2v) is 9.40. The maximum Gasteiger partial charge on any atom is 0.259 e. The number of aryl methyl sites for hydroxylation is 1. The van der Waals surface area contributed by atoms with E-state index in [1.54, 1.807) is 25.3 Å². The summed E-state index contributed by atoms with van der Waals surface area (Å²) in [6, 6.07) is 16.9. The average Bonchev–Trinajstić information content (AvgIpc) is 3.37. The molecular weight excluding hydrogens is 474 g/mol. The van der Waals surface area contributed by atoms with Crippen molar-refractivity contribution in [1.82, 2.24) is 9.38 Å². The number of fused-ring (bicyclic) bond motifs is 1. The molecule has 1 unspecified atom stereocenters. The van der Waals surface area contributed by atoms with Gasteiger partial charge in [-0.05, 0) is 74.2 Å². The molecule has 6 nitrogen and oxygen atoms in total. The van der Waals surface area contributed by atoms with E-state index >= 15 is 0 Å². The normalized spacial score (nSPS) is 12.6. The summed E-state index contributed by atoms with van der Waals surface area (Å²) >= 11 is 0. The number of nitrogens with one attached hydrogen (secondary N) is 1. The summed E-state index contributed by atoms with van der Waals surface area (Å²) in [5.74, 6) is 2.03. The van der Waals surface area contributed by atoms with E-state index in [0.717, 1.165) is 35.3 Å². The minimum atomic E-state index is -0.263. The number of imidazole rings is 1. The molecule has 0 fully saturated rings. The number of benzene rings is 2. The predicted octanol–water partition coefficient (Wildman–Crippen LogP) is 7.85. The number of allylic oxidation sites excluding steroid dienone is 3. The van der Waals surface area contributed by atoms with Gasteiger partial charge in [-0.15, -0.1) is 0 Å². The summed E-state index contributed by atoms with van der Waals surface area (Å²) in [5, 5.41) is 2.99. The van der Waals surface area contributed by atoms with Crippen LogP contribution in [0.3, 0.4) is 0 Å². The fourth-order valence-electron chi connectivity index (χ4n) is 4.04. The molecule has 1 amide bonds. The number of pyridine rings is 1. The molecule has 2 aromatic carbocycles. The van der Waals surface area contributed by atoms with Crippen LogP contribution in [0.1, 0.15) is 49.5 Å². The summed E-state index contributed by atoms with van der Waals surface area (Å²) in [7, 11) is 1.59. The molecule has 0 saturated carbocycles. The minimum absolute atomic E-state index is 0.263. The van der Waals surface area contributed by atoms with Crippen molar-refractivity contribution in [3.8, 4) is 22.8 Å². The van der Waals surface area contributed by atoms with E-state index in [0.29, 0.717) is 34.4 Å². The summed E-state index contributed by atoms with van der Waals surface area (Å²) < 4.78 is 13.6. The second-order valence-electron chi connectivity index (χ2n) is 9.40. The van der Waals surface area contributed by atoms with Crippen LogP contribution < -0.4 is 14.8 Å². The highest BCUT2D eigenvalue weighted by molar-refractivity contribution is 6.06. The molecule has 1 atom stereocenters. The van der Waals surface area contributed by atoms with Crippen molar-refractivity contribution in [3.63, 3.8) is 0 Å². The highest BCUT2D eigenvalue weighted by Crippen LogP contribution is 2.29. The van der Waals surface area contributed by atoms with Gasteiger partial charge < -0.3 is 19.2 Å². The number of ether oxygens (including phenoxy) is 2. The van der Waals surface area contributed by atoms with Gasteiger partial charge in [0.05, 0.1) is 18.4 Å². The van der Waals surface area contributed by atoms with Gasteiger partial charge in [-0.25, -0.2) is 4.98 Å². The quantitative estimate of drug-likeness (QED) is 0.175. The number of carbonyl (C=O) groups is 1. The van der Waals surface area contributed by atoms with Crippen molar-refractivity contribution in [2.75, 3.05) is 12.4 Å². The maximum atomic E-state index is 13.3. The number of nitrogens with zero attached hydrogens (tertiary/aromatic N) is 2. The third kappa shape index (κ3) is 6.32. The van der Waals surface area contributed by atoms with Crippen LogP contribution >= 0.6 is 0 Å². The molecule has 0 spiro atoms. The van der Waals surface area contributed by atoms with E-state index in [-0.39, 0.29) is 5.91 Å². The fourth-order valence-corrected chi connectivity index (χ4v) is 4.04. The minimum Gasteiger partial charge on any atom is -0.497 e. The van der Waals surface area contributed by atoms with Crippen LogP contribution in [0.5, 0.6) is 11.5 Å². The molecular formula is C32H35N3O3. The highest BCUT2D eigenvalue weighted by atomic mass is 16.5. The summed E-state index contributed by atoms with van der Waals surface area (Å²) in [6.45, 7) is 8.36. The van der Waals surface area contributed by atoms with Crippen molar-refractivity contribution in [2.45, 2.75) is 40.5 Å². The number of carbonyl (C=O) groups excluding carboxylic acids is 1. The van der Waals surface area contributed by atoms with Crippen molar-refractivity contribution in [2.24, 2.45) is 5.92 Å². The SMILES string of the molecule is CC=CC(=CCC(C)CC)Oc1cc(OC)ccc1C(=O)Nc1ccc(-c2cn3cccc(C)c3n2)cc1. The number of rotatable bonds is 10. The average molecular weight is 510 g/mol. The highest BCUT2D eigenvalue weighted by Gasteiger charge is 2.16. The Balaban J connectivity index is 1.55. The molecule has 1 N–H and O–H groups in total. The zero-order valence-corrected chi connectivity index (χ0v) is 22.7. The van der Waals surface area contributed by atoms with Gasteiger partial charge in [0.1, 0.15) is 22.9 Å². The van der Waals surface area contributed by atoms with Crippen LogP contribution in [0, 0.1) is 12.8 Å². The predicted molar refractivity (Wildman–Crippen MR) is 154 cm³/mol.